The molecule has 0 bridgehead atoms. The van der Waals surface area contributed by atoms with Crippen LogP contribution in [0.2, 0.25) is 0 Å². The number of benzene rings is 1. The number of thioether (sulfide) groups is 1. The van der Waals surface area contributed by atoms with Gasteiger partial charge in [-0.3, -0.25) is 4.79 Å². The van der Waals surface area contributed by atoms with Crippen molar-refractivity contribution < 1.29 is 9.59 Å². The molecule has 1 aromatic rings. The van der Waals surface area contributed by atoms with Gasteiger partial charge in [0, 0.05) is 41.9 Å². The van der Waals surface area contributed by atoms with Gasteiger partial charge in [0.1, 0.15) is 0 Å². The molecule has 1 aliphatic carbocycles. The molecule has 1 saturated heterocycles. The molecule has 1 aromatic carbocycles. The largest absolute Gasteiger partial charge is 0.337 e. The van der Waals surface area contributed by atoms with Gasteiger partial charge in [0.2, 0.25) is 5.91 Å². The number of hydrogen-bond donors (Lipinski definition) is 2. The third kappa shape index (κ3) is 5.39. The Balaban J connectivity index is 1.44. The average molecular weight is 362 g/mol. The Labute approximate surface area is 153 Å². The monoisotopic (exact) mass is 361 g/mol. The standard InChI is InChI=1S/C19H27N3O2S/c23-18-10-3-4-12-22(18)16-7-5-6-15(14-16)21-19(24)20-11-13-25-17-8-1-2-9-17/h5-7,14,17H,1-4,8-13H2,(H2,20,21,24). The minimum absolute atomic E-state index is 0.164. The van der Waals surface area contributed by atoms with E-state index in [1.165, 1.54) is 25.7 Å². The van der Waals surface area contributed by atoms with Crippen molar-refractivity contribution in [2.75, 3.05) is 29.1 Å². The minimum Gasteiger partial charge on any atom is -0.337 e. The smallest absolute Gasteiger partial charge is 0.319 e. The highest BCUT2D eigenvalue weighted by molar-refractivity contribution is 7.99. The summed E-state index contributed by atoms with van der Waals surface area (Å²) in [7, 11) is 0. The molecule has 136 valence electrons. The molecule has 2 N–H and O–H groups in total. The van der Waals surface area contributed by atoms with Gasteiger partial charge in [0.05, 0.1) is 0 Å². The first-order chi connectivity index (χ1) is 12.2. The lowest BCUT2D eigenvalue weighted by Gasteiger charge is -2.27. The van der Waals surface area contributed by atoms with Crippen molar-refractivity contribution in [2.24, 2.45) is 0 Å². The van der Waals surface area contributed by atoms with Gasteiger partial charge in [0.15, 0.2) is 0 Å². The molecular formula is C19H27N3O2S. The van der Waals surface area contributed by atoms with Crippen LogP contribution in [0, 0.1) is 0 Å². The molecule has 0 aromatic heterocycles. The molecule has 1 aliphatic heterocycles. The topological polar surface area (TPSA) is 61.4 Å². The first-order valence-electron chi connectivity index (χ1n) is 9.29. The van der Waals surface area contributed by atoms with Gasteiger partial charge < -0.3 is 15.5 Å². The number of urea groups is 1. The van der Waals surface area contributed by atoms with Gasteiger partial charge in [0.25, 0.3) is 0 Å². The number of anilines is 2. The Bertz CT molecular complexity index is 602. The third-order valence-electron chi connectivity index (χ3n) is 4.78. The molecule has 3 rings (SSSR count). The molecule has 6 heteroatoms. The number of nitrogens with one attached hydrogen (secondary N) is 2. The molecule has 0 unspecified atom stereocenters. The normalized spacial score (nSPS) is 18.4. The summed E-state index contributed by atoms with van der Waals surface area (Å²) in [6.45, 7) is 1.43. The van der Waals surface area contributed by atoms with Gasteiger partial charge in [-0.25, -0.2) is 4.79 Å². The number of carbonyl (C=O) groups excluding carboxylic acids is 2. The Kier molecular flexibility index (Phi) is 6.62. The molecule has 0 spiro atoms. The van der Waals surface area contributed by atoms with E-state index in [2.05, 4.69) is 10.6 Å². The highest BCUT2D eigenvalue weighted by atomic mass is 32.2. The first kappa shape index (κ1) is 18.1. The number of carbonyl (C=O) groups is 2. The maximum atomic E-state index is 12.0. The van der Waals surface area contributed by atoms with Crippen molar-refractivity contribution in [3.8, 4) is 0 Å². The Hall–Kier alpha value is -1.69. The lowest BCUT2D eigenvalue weighted by molar-refractivity contribution is -0.119. The molecule has 1 saturated carbocycles. The van der Waals surface area contributed by atoms with E-state index in [1.807, 2.05) is 40.9 Å². The van der Waals surface area contributed by atoms with Gasteiger partial charge in [-0.1, -0.05) is 18.9 Å². The average Bonchev–Trinajstić information content (AvgIpc) is 3.13. The zero-order chi connectivity index (χ0) is 17.5. The van der Waals surface area contributed by atoms with Crippen LogP contribution in [-0.4, -0.2) is 36.0 Å². The van der Waals surface area contributed by atoms with Crippen molar-refractivity contribution in [1.82, 2.24) is 5.32 Å². The second-order valence-corrected chi connectivity index (χ2v) is 8.12. The van der Waals surface area contributed by atoms with Crippen LogP contribution in [0.3, 0.4) is 0 Å². The predicted octanol–water partition coefficient (Wildman–Crippen LogP) is 4.00. The summed E-state index contributed by atoms with van der Waals surface area (Å²) in [4.78, 5) is 25.9. The van der Waals surface area contributed by atoms with Crippen molar-refractivity contribution in [3.05, 3.63) is 24.3 Å². The summed E-state index contributed by atoms with van der Waals surface area (Å²) in [6.07, 6.45) is 7.94. The quantitative estimate of drug-likeness (QED) is 0.753. The second kappa shape index (κ2) is 9.13. The van der Waals surface area contributed by atoms with Crippen LogP contribution in [0.15, 0.2) is 24.3 Å². The van der Waals surface area contributed by atoms with E-state index in [0.717, 1.165) is 41.8 Å². The highest BCUT2D eigenvalue weighted by Crippen LogP contribution is 2.29. The minimum atomic E-state index is -0.186. The number of piperidine rings is 1. The Morgan fingerprint density at radius 1 is 1.20 bits per heavy atom. The van der Waals surface area contributed by atoms with Crippen LogP contribution in [-0.2, 0) is 4.79 Å². The van der Waals surface area contributed by atoms with Crippen LogP contribution < -0.4 is 15.5 Å². The van der Waals surface area contributed by atoms with Gasteiger partial charge >= 0.3 is 6.03 Å². The van der Waals surface area contributed by atoms with Crippen molar-refractivity contribution in [1.29, 1.82) is 0 Å². The van der Waals surface area contributed by atoms with Gasteiger partial charge in [-0.15, -0.1) is 0 Å². The lowest BCUT2D eigenvalue weighted by Crippen LogP contribution is -2.35. The van der Waals surface area contributed by atoms with Crippen LogP contribution in [0.25, 0.3) is 0 Å². The summed E-state index contributed by atoms with van der Waals surface area (Å²) in [5.74, 6) is 1.12. The number of hydrogen-bond acceptors (Lipinski definition) is 3. The number of nitrogens with zero attached hydrogens (tertiary/aromatic N) is 1. The number of amides is 3. The number of rotatable bonds is 6. The van der Waals surface area contributed by atoms with Crippen LogP contribution >= 0.6 is 11.8 Å². The molecule has 1 heterocycles. The zero-order valence-electron chi connectivity index (χ0n) is 14.6. The van der Waals surface area contributed by atoms with E-state index < -0.39 is 0 Å². The lowest BCUT2D eigenvalue weighted by atomic mass is 10.1. The van der Waals surface area contributed by atoms with Crippen LogP contribution in [0.1, 0.15) is 44.9 Å². The Morgan fingerprint density at radius 2 is 2.04 bits per heavy atom. The summed E-state index contributed by atoms with van der Waals surface area (Å²) < 4.78 is 0. The zero-order valence-corrected chi connectivity index (χ0v) is 15.4. The molecule has 0 atom stereocenters. The van der Waals surface area contributed by atoms with E-state index in [0.29, 0.717) is 13.0 Å². The Morgan fingerprint density at radius 3 is 2.84 bits per heavy atom. The molecule has 5 nitrogen and oxygen atoms in total. The fraction of sp³-hybridized carbons (Fsp3) is 0.579. The third-order valence-corrected chi connectivity index (χ3v) is 6.17. The van der Waals surface area contributed by atoms with Crippen molar-refractivity contribution in [2.45, 2.75) is 50.2 Å². The van der Waals surface area contributed by atoms with E-state index in [1.54, 1.807) is 0 Å². The van der Waals surface area contributed by atoms with Crippen LogP contribution in [0.5, 0.6) is 0 Å². The first-order valence-corrected chi connectivity index (χ1v) is 10.3. The van der Waals surface area contributed by atoms with E-state index >= 15 is 0 Å². The fourth-order valence-corrected chi connectivity index (χ4v) is 4.67. The van der Waals surface area contributed by atoms with Gasteiger partial charge in [-0.2, -0.15) is 11.8 Å². The van der Waals surface area contributed by atoms with Crippen LogP contribution in [0.4, 0.5) is 16.2 Å². The summed E-state index contributed by atoms with van der Waals surface area (Å²) >= 11 is 1.97. The molecular weight excluding hydrogens is 334 g/mol. The summed E-state index contributed by atoms with van der Waals surface area (Å²) in [6, 6.07) is 7.34. The summed E-state index contributed by atoms with van der Waals surface area (Å²) in [5, 5.41) is 6.56. The second-order valence-electron chi connectivity index (χ2n) is 6.71. The van der Waals surface area contributed by atoms with E-state index in [4.69, 9.17) is 0 Å². The summed E-state index contributed by atoms with van der Waals surface area (Å²) in [5.41, 5.74) is 1.58. The van der Waals surface area contributed by atoms with E-state index in [-0.39, 0.29) is 11.9 Å². The molecule has 25 heavy (non-hydrogen) atoms. The molecule has 2 aliphatic rings. The van der Waals surface area contributed by atoms with Crippen molar-refractivity contribution in [3.63, 3.8) is 0 Å². The molecule has 0 radical (unpaired) electrons. The van der Waals surface area contributed by atoms with E-state index in [9.17, 15) is 9.59 Å². The molecule has 3 amide bonds. The van der Waals surface area contributed by atoms with Gasteiger partial charge in [-0.05, 0) is 43.9 Å². The predicted molar refractivity (Wildman–Crippen MR) is 104 cm³/mol. The maximum Gasteiger partial charge on any atom is 0.319 e. The van der Waals surface area contributed by atoms with Crippen molar-refractivity contribution >= 4 is 35.1 Å². The maximum absolute atomic E-state index is 12.0. The molecule has 2 fully saturated rings. The fourth-order valence-electron chi connectivity index (χ4n) is 3.45. The highest BCUT2D eigenvalue weighted by Gasteiger charge is 2.19. The SMILES string of the molecule is O=C(NCCSC1CCCC1)Nc1cccc(N2CCCCC2=O)c1.